The van der Waals surface area contributed by atoms with E-state index in [9.17, 15) is 14.4 Å². The van der Waals surface area contributed by atoms with Gasteiger partial charge in [0.05, 0.1) is 12.5 Å². The molecule has 1 aliphatic heterocycles. The molecule has 2 N–H and O–H groups in total. The van der Waals surface area contributed by atoms with Crippen molar-refractivity contribution in [3.8, 4) is 0 Å². The number of urea groups is 1. The largest absolute Gasteiger partial charge is 0.481 e. The number of carbonyl (C=O) groups excluding carboxylic acids is 2. The van der Waals surface area contributed by atoms with Crippen LogP contribution in [0.25, 0.3) is 0 Å². The molecule has 0 aromatic carbocycles. The van der Waals surface area contributed by atoms with Gasteiger partial charge in [0.25, 0.3) is 0 Å². The van der Waals surface area contributed by atoms with Crippen molar-refractivity contribution >= 4 is 18.0 Å². The van der Waals surface area contributed by atoms with Crippen LogP contribution in [0.1, 0.15) is 6.92 Å². The van der Waals surface area contributed by atoms with Crippen molar-refractivity contribution < 1.29 is 24.2 Å². The third-order valence-corrected chi connectivity index (χ3v) is 2.21. The first-order valence-electron chi connectivity index (χ1n) is 4.95. The van der Waals surface area contributed by atoms with Gasteiger partial charge in [-0.1, -0.05) is 0 Å². The SMILES string of the molecule is CCOC(=O)CNC(=O)N1CC(C(=O)O)C1. The maximum Gasteiger partial charge on any atom is 0.325 e. The molecule has 1 heterocycles. The van der Waals surface area contributed by atoms with Crippen molar-refractivity contribution in [3.05, 3.63) is 0 Å². The minimum atomic E-state index is -0.908. The fourth-order valence-electron chi connectivity index (χ4n) is 1.27. The van der Waals surface area contributed by atoms with Crippen LogP contribution in [0.3, 0.4) is 0 Å². The second-order valence-corrected chi connectivity index (χ2v) is 3.40. The molecule has 0 aromatic rings. The zero-order valence-electron chi connectivity index (χ0n) is 8.93. The molecule has 0 spiro atoms. The van der Waals surface area contributed by atoms with Crippen LogP contribution in [-0.4, -0.2) is 54.2 Å². The van der Waals surface area contributed by atoms with Gasteiger partial charge in [-0.15, -0.1) is 0 Å². The van der Waals surface area contributed by atoms with Crippen LogP contribution in [0, 0.1) is 5.92 Å². The van der Waals surface area contributed by atoms with Gasteiger partial charge in [0.2, 0.25) is 0 Å². The van der Waals surface area contributed by atoms with Crippen LogP contribution >= 0.6 is 0 Å². The molecule has 0 saturated carbocycles. The van der Waals surface area contributed by atoms with Gasteiger partial charge in [-0.05, 0) is 6.92 Å². The summed E-state index contributed by atoms with van der Waals surface area (Å²) in [4.78, 5) is 34.0. The van der Waals surface area contributed by atoms with Crippen LogP contribution in [0.2, 0.25) is 0 Å². The standard InChI is InChI=1S/C9H14N2O5/c1-2-16-7(12)3-10-9(15)11-4-6(5-11)8(13)14/h6H,2-5H2,1H3,(H,10,15)(H,13,14). The predicted molar refractivity (Wildman–Crippen MR) is 52.7 cm³/mol. The van der Waals surface area contributed by atoms with E-state index >= 15 is 0 Å². The molecule has 7 heteroatoms. The van der Waals surface area contributed by atoms with Gasteiger partial charge in [-0.3, -0.25) is 9.59 Å². The van der Waals surface area contributed by atoms with E-state index in [4.69, 9.17) is 5.11 Å². The van der Waals surface area contributed by atoms with E-state index < -0.39 is 23.9 Å². The minimum absolute atomic E-state index is 0.185. The summed E-state index contributed by atoms with van der Waals surface area (Å²) in [5, 5.41) is 10.9. The zero-order chi connectivity index (χ0) is 12.1. The Labute approximate surface area is 92.4 Å². The van der Waals surface area contributed by atoms with Gasteiger partial charge in [-0.2, -0.15) is 0 Å². The van der Waals surface area contributed by atoms with E-state index in [1.165, 1.54) is 4.90 Å². The summed E-state index contributed by atoms with van der Waals surface area (Å²) in [5.74, 6) is -1.91. The number of ether oxygens (including phenoxy) is 1. The highest BCUT2D eigenvalue weighted by Crippen LogP contribution is 2.14. The summed E-state index contributed by atoms with van der Waals surface area (Å²) in [6, 6.07) is -0.439. The Morgan fingerprint density at radius 3 is 2.56 bits per heavy atom. The van der Waals surface area contributed by atoms with E-state index in [2.05, 4.69) is 10.1 Å². The molecule has 0 aromatic heterocycles. The van der Waals surface area contributed by atoms with E-state index in [1.54, 1.807) is 6.92 Å². The molecule has 16 heavy (non-hydrogen) atoms. The number of hydrogen-bond acceptors (Lipinski definition) is 4. The summed E-state index contributed by atoms with van der Waals surface area (Å²) >= 11 is 0. The molecule has 0 bridgehead atoms. The number of rotatable bonds is 4. The first-order valence-corrected chi connectivity index (χ1v) is 4.95. The van der Waals surface area contributed by atoms with Crippen molar-refractivity contribution in [1.82, 2.24) is 10.2 Å². The highest BCUT2D eigenvalue weighted by atomic mass is 16.5. The van der Waals surface area contributed by atoms with Gasteiger partial charge in [0.15, 0.2) is 0 Å². The summed E-state index contributed by atoms with van der Waals surface area (Å²) in [7, 11) is 0. The number of nitrogens with zero attached hydrogens (tertiary/aromatic N) is 1. The lowest BCUT2D eigenvalue weighted by molar-refractivity contribution is -0.146. The number of carbonyl (C=O) groups is 3. The Hall–Kier alpha value is -1.79. The average molecular weight is 230 g/mol. The van der Waals surface area contributed by atoms with Crippen LogP contribution in [-0.2, 0) is 14.3 Å². The lowest BCUT2D eigenvalue weighted by Crippen LogP contribution is -2.56. The van der Waals surface area contributed by atoms with Crippen molar-refractivity contribution in [3.63, 3.8) is 0 Å². The molecule has 0 radical (unpaired) electrons. The number of likely N-dealkylation sites (tertiary alicyclic amines) is 1. The topological polar surface area (TPSA) is 95.9 Å². The molecule has 1 rings (SSSR count). The first kappa shape index (κ1) is 12.3. The van der Waals surface area contributed by atoms with Crippen molar-refractivity contribution in [2.75, 3.05) is 26.2 Å². The molecule has 0 aliphatic carbocycles. The van der Waals surface area contributed by atoms with Gasteiger partial charge in [0, 0.05) is 13.1 Å². The van der Waals surface area contributed by atoms with Gasteiger partial charge >= 0.3 is 18.0 Å². The number of aliphatic carboxylic acids is 1. The molecule has 0 unspecified atom stereocenters. The molecule has 90 valence electrons. The zero-order valence-corrected chi connectivity index (χ0v) is 8.93. The summed E-state index contributed by atoms with van der Waals surface area (Å²) in [6.07, 6.45) is 0. The molecular weight excluding hydrogens is 216 g/mol. The molecule has 1 fully saturated rings. The van der Waals surface area contributed by atoms with Gasteiger partial charge in [0.1, 0.15) is 6.54 Å². The third kappa shape index (κ3) is 3.11. The second-order valence-electron chi connectivity index (χ2n) is 3.40. The molecule has 1 saturated heterocycles. The van der Waals surface area contributed by atoms with Gasteiger partial charge in [-0.25, -0.2) is 4.79 Å². The highest BCUT2D eigenvalue weighted by molar-refractivity contribution is 5.83. The Kier molecular flexibility index (Phi) is 4.10. The third-order valence-electron chi connectivity index (χ3n) is 2.21. The highest BCUT2D eigenvalue weighted by Gasteiger charge is 2.35. The van der Waals surface area contributed by atoms with Crippen LogP contribution in [0.15, 0.2) is 0 Å². The predicted octanol–water partition coefficient (Wildman–Crippen LogP) is -0.724. The van der Waals surface area contributed by atoms with E-state index in [-0.39, 0.29) is 26.2 Å². The summed E-state index contributed by atoms with van der Waals surface area (Å²) < 4.78 is 4.62. The average Bonchev–Trinajstić information content (AvgIpc) is 2.12. The number of carboxylic acid groups (broad SMARTS) is 1. The van der Waals surface area contributed by atoms with E-state index in [0.29, 0.717) is 0 Å². The maximum absolute atomic E-state index is 11.3. The van der Waals surface area contributed by atoms with E-state index in [0.717, 1.165) is 0 Å². The smallest absolute Gasteiger partial charge is 0.325 e. The van der Waals surface area contributed by atoms with Crippen LogP contribution in [0.5, 0.6) is 0 Å². The maximum atomic E-state index is 11.3. The number of hydrogen-bond donors (Lipinski definition) is 2. The lowest BCUT2D eigenvalue weighted by Gasteiger charge is -2.36. The Morgan fingerprint density at radius 1 is 1.44 bits per heavy atom. The van der Waals surface area contributed by atoms with Crippen molar-refractivity contribution in [1.29, 1.82) is 0 Å². The number of esters is 1. The number of nitrogens with one attached hydrogen (secondary N) is 1. The lowest BCUT2D eigenvalue weighted by atomic mass is 10.0. The summed E-state index contributed by atoms with van der Waals surface area (Å²) in [6.45, 7) is 2.11. The molecular formula is C9H14N2O5. The Bertz CT molecular complexity index is 298. The normalized spacial score (nSPS) is 15.2. The number of carboxylic acids is 1. The number of amides is 2. The Morgan fingerprint density at radius 2 is 2.06 bits per heavy atom. The fraction of sp³-hybridized carbons (Fsp3) is 0.667. The van der Waals surface area contributed by atoms with Crippen molar-refractivity contribution in [2.24, 2.45) is 5.92 Å². The van der Waals surface area contributed by atoms with Crippen LogP contribution < -0.4 is 5.32 Å². The van der Waals surface area contributed by atoms with Crippen LogP contribution in [0.4, 0.5) is 4.79 Å². The first-order chi connectivity index (χ1) is 7.54. The minimum Gasteiger partial charge on any atom is -0.481 e. The second kappa shape index (κ2) is 5.34. The monoisotopic (exact) mass is 230 g/mol. The van der Waals surface area contributed by atoms with E-state index in [1.807, 2.05) is 0 Å². The Balaban J connectivity index is 2.18. The van der Waals surface area contributed by atoms with Gasteiger partial charge < -0.3 is 20.1 Å². The molecule has 7 nitrogen and oxygen atoms in total. The summed E-state index contributed by atoms with van der Waals surface area (Å²) in [5.41, 5.74) is 0. The molecule has 1 aliphatic rings. The quantitative estimate of drug-likeness (QED) is 0.621. The molecule has 2 amide bonds. The fourth-order valence-corrected chi connectivity index (χ4v) is 1.27. The van der Waals surface area contributed by atoms with Crippen molar-refractivity contribution in [2.45, 2.75) is 6.92 Å². The molecule has 0 atom stereocenters.